The third-order valence-corrected chi connectivity index (χ3v) is 3.62. The molecule has 1 aromatic carbocycles. The van der Waals surface area contributed by atoms with Crippen LogP contribution in [0.25, 0.3) is 0 Å². The van der Waals surface area contributed by atoms with E-state index in [0.29, 0.717) is 6.54 Å². The van der Waals surface area contributed by atoms with Gasteiger partial charge in [-0.2, -0.15) is 0 Å². The maximum atomic E-state index is 5.70. The fourth-order valence-corrected chi connectivity index (χ4v) is 2.48. The molecule has 0 spiro atoms. The average Bonchev–Trinajstić information content (AvgIpc) is 3.20. The highest BCUT2D eigenvalue weighted by atomic mass is 14.9. The molecule has 0 saturated heterocycles. The Kier molecular flexibility index (Phi) is 2.63. The van der Waals surface area contributed by atoms with Crippen molar-refractivity contribution in [1.29, 1.82) is 0 Å². The summed E-state index contributed by atoms with van der Waals surface area (Å²) in [6.45, 7) is 2.48. The van der Waals surface area contributed by atoms with Gasteiger partial charge in [-0.05, 0) is 31.4 Å². The van der Waals surface area contributed by atoms with Crippen molar-refractivity contribution in [3.63, 3.8) is 0 Å². The first kappa shape index (κ1) is 11.4. The van der Waals surface area contributed by atoms with Crippen molar-refractivity contribution in [2.24, 2.45) is 5.73 Å². The van der Waals surface area contributed by atoms with Crippen molar-refractivity contribution in [3.8, 4) is 0 Å². The third-order valence-electron chi connectivity index (χ3n) is 3.62. The van der Waals surface area contributed by atoms with Gasteiger partial charge in [0.05, 0.1) is 11.1 Å². The minimum atomic E-state index is 0.0389. The highest BCUT2D eigenvalue weighted by Crippen LogP contribution is 2.52. The maximum Gasteiger partial charge on any atom is 0.139 e. The summed E-state index contributed by atoms with van der Waals surface area (Å²) in [7, 11) is 0. The van der Waals surface area contributed by atoms with Gasteiger partial charge in [0, 0.05) is 12.2 Å². The number of rotatable bonds is 3. The molecule has 0 aliphatic heterocycles. The number of benzene rings is 1. The van der Waals surface area contributed by atoms with Gasteiger partial charge in [-0.3, -0.25) is 0 Å². The van der Waals surface area contributed by atoms with E-state index in [-0.39, 0.29) is 5.41 Å². The topological polar surface area (TPSA) is 51.8 Å². The van der Waals surface area contributed by atoms with Crippen molar-refractivity contribution in [2.45, 2.75) is 31.7 Å². The molecule has 18 heavy (non-hydrogen) atoms. The first-order chi connectivity index (χ1) is 8.74. The Morgan fingerprint density at radius 2 is 1.89 bits per heavy atom. The van der Waals surface area contributed by atoms with Gasteiger partial charge in [0.15, 0.2) is 0 Å². The molecule has 2 aromatic rings. The van der Waals surface area contributed by atoms with Gasteiger partial charge in [-0.15, -0.1) is 0 Å². The second-order valence-electron chi connectivity index (χ2n) is 4.98. The zero-order valence-corrected chi connectivity index (χ0v) is 10.6. The fourth-order valence-electron chi connectivity index (χ4n) is 2.48. The minimum Gasteiger partial charge on any atom is -0.325 e. The lowest BCUT2D eigenvalue weighted by molar-refractivity contribution is 0.730. The molecule has 0 bridgehead atoms. The van der Waals surface area contributed by atoms with E-state index in [2.05, 4.69) is 34.2 Å². The van der Waals surface area contributed by atoms with Crippen molar-refractivity contribution in [3.05, 3.63) is 59.2 Å². The molecule has 3 nitrogen and oxygen atoms in total. The fraction of sp³-hybridized carbons (Fsp3) is 0.333. The van der Waals surface area contributed by atoms with Crippen LogP contribution in [0, 0.1) is 6.92 Å². The Morgan fingerprint density at radius 3 is 2.50 bits per heavy atom. The van der Waals surface area contributed by atoms with Crippen LogP contribution in [0.2, 0.25) is 0 Å². The SMILES string of the molecule is Cc1cc(CN)nc(C2(c3ccccc3)CC2)n1. The predicted octanol–water partition coefficient (Wildman–Crippen LogP) is 2.32. The lowest BCUT2D eigenvalue weighted by atomic mass is 9.95. The van der Waals surface area contributed by atoms with Gasteiger partial charge < -0.3 is 5.73 Å². The van der Waals surface area contributed by atoms with Crippen molar-refractivity contribution >= 4 is 0 Å². The molecule has 1 heterocycles. The number of aryl methyl sites for hydroxylation is 1. The number of aromatic nitrogens is 2. The van der Waals surface area contributed by atoms with E-state index in [1.165, 1.54) is 5.56 Å². The van der Waals surface area contributed by atoms with E-state index >= 15 is 0 Å². The lowest BCUT2D eigenvalue weighted by Crippen LogP contribution is -2.16. The predicted molar refractivity (Wildman–Crippen MR) is 71.1 cm³/mol. The number of nitrogens with two attached hydrogens (primary N) is 1. The summed E-state index contributed by atoms with van der Waals surface area (Å²) in [5.41, 5.74) is 8.99. The van der Waals surface area contributed by atoms with E-state index in [1.54, 1.807) is 0 Å². The van der Waals surface area contributed by atoms with Crippen LogP contribution in [0.4, 0.5) is 0 Å². The van der Waals surface area contributed by atoms with Gasteiger partial charge in [0.2, 0.25) is 0 Å². The van der Waals surface area contributed by atoms with Gasteiger partial charge in [0.25, 0.3) is 0 Å². The molecule has 1 fully saturated rings. The van der Waals surface area contributed by atoms with Crippen LogP contribution in [0.3, 0.4) is 0 Å². The standard InChI is InChI=1S/C15H17N3/c1-11-9-13(10-16)18-14(17-11)15(7-8-15)12-5-3-2-4-6-12/h2-6,9H,7-8,10,16H2,1H3. The molecule has 0 atom stereocenters. The Morgan fingerprint density at radius 1 is 1.17 bits per heavy atom. The van der Waals surface area contributed by atoms with Gasteiger partial charge in [0.1, 0.15) is 5.82 Å². The van der Waals surface area contributed by atoms with Crippen LogP contribution in [0.15, 0.2) is 36.4 Å². The highest BCUT2D eigenvalue weighted by Gasteiger charge is 2.48. The maximum absolute atomic E-state index is 5.70. The second-order valence-corrected chi connectivity index (χ2v) is 4.98. The smallest absolute Gasteiger partial charge is 0.139 e. The highest BCUT2D eigenvalue weighted by molar-refractivity contribution is 5.39. The first-order valence-corrected chi connectivity index (χ1v) is 6.35. The number of hydrogen-bond donors (Lipinski definition) is 1. The Hall–Kier alpha value is -1.74. The molecule has 1 aliphatic carbocycles. The van der Waals surface area contributed by atoms with Crippen LogP contribution in [0.5, 0.6) is 0 Å². The third kappa shape index (κ3) is 1.81. The minimum absolute atomic E-state index is 0.0389. The van der Waals surface area contributed by atoms with Crippen LogP contribution < -0.4 is 5.73 Å². The zero-order chi connectivity index (χ0) is 12.6. The van der Waals surface area contributed by atoms with Crippen molar-refractivity contribution < 1.29 is 0 Å². The average molecular weight is 239 g/mol. The van der Waals surface area contributed by atoms with E-state index in [1.807, 2.05) is 19.1 Å². The summed E-state index contributed by atoms with van der Waals surface area (Å²) in [6, 6.07) is 12.5. The molecule has 2 N–H and O–H groups in total. The van der Waals surface area contributed by atoms with Crippen LogP contribution in [-0.2, 0) is 12.0 Å². The molecule has 92 valence electrons. The zero-order valence-electron chi connectivity index (χ0n) is 10.6. The first-order valence-electron chi connectivity index (χ1n) is 6.35. The van der Waals surface area contributed by atoms with Gasteiger partial charge in [-0.1, -0.05) is 30.3 Å². The monoisotopic (exact) mass is 239 g/mol. The summed E-state index contributed by atoms with van der Waals surface area (Å²) < 4.78 is 0. The summed E-state index contributed by atoms with van der Waals surface area (Å²) in [6.07, 6.45) is 2.26. The molecule has 3 heteroatoms. The van der Waals surface area contributed by atoms with E-state index in [9.17, 15) is 0 Å². The molecule has 3 rings (SSSR count). The Labute approximate surface area is 107 Å². The molecular formula is C15H17N3. The molecule has 0 unspecified atom stereocenters. The van der Waals surface area contributed by atoms with Crippen LogP contribution >= 0.6 is 0 Å². The normalized spacial score (nSPS) is 16.6. The largest absolute Gasteiger partial charge is 0.325 e. The molecule has 0 amide bonds. The van der Waals surface area contributed by atoms with E-state index in [0.717, 1.165) is 30.1 Å². The van der Waals surface area contributed by atoms with Gasteiger partial charge >= 0.3 is 0 Å². The number of nitrogens with zero attached hydrogens (tertiary/aromatic N) is 2. The van der Waals surface area contributed by atoms with Crippen LogP contribution in [-0.4, -0.2) is 9.97 Å². The second kappa shape index (κ2) is 4.18. The molecular weight excluding hydrogens is 222 g/mol. The summed E-state index contributed by atoms with van der Waals surface area (Å²) in [5, 5.41) is 0. The lowest BCUT2D eigenvalue weighted by Gasteiger charge is -2.15. The summed E-state index contributed by atoms with van der Waals surface area (Å²) in [5.74, 6) is 0.939. The molecule has 0 radical (unpaired) electrons. The van der Waals surface area contributed by atoms with E-state index < -0.39 is 0 Å². The summed E-state index contributed by atoms with van der Waals surface area (Å²) >= 11 is 0. The Balaban J connectivity index is 2.07. The quantitative estimate of drug-likeness (QED) is 0.894. The van der Waals surface area contributed by atoms with Crippen LogP contribution in [0.1, 0.15) is 35.6 Å². The Bertz CT molecular complexity index is 559. The number of hydrogen-bond acceptors (Lipinski definition) is 3. The summed E-state index contributed by atoms with van der Waals surface area (Å²) in [4.78, 5) is 9.25. The molecule has 1 saturated carbocycles. The molecule has 1 aliphatic rings. The molecule has 1 aromatic heterocycles. The van der Waals surface area contributed by atoms with Crippen molar-refractivity contribution in [2.75, 3.05) is 0 Å². The van der Waals surface area contributed by atoms with Gasteiger partial charge in [-0.25, -0.2) is 9.97 Å². The van der Waals surface area contributed by atoms with Crippen molar-refractivity contribution in [1.82, 2.24) is 9.97 Å². The van der Waals surface area contributed by atoms with E-state index in [4.69, 9.17) is 5.73 Å².